The van der Waals surface area contributed by atoms with E-state index in [-0.39, 0.29) is 29.6 Å². The van der Waals surface area contributed by atoms with Gasteiger partial charge in [-0.2, -0.15) is 0 Å². The number of carbonyl (C=O) groups is 1. The molecule has 3 atom stereocenters. The third kappa shape index (κ3) is 5.24. The Morgan fingerprint density at radius 2 is 2.06 bits per heavy atom. The maximum Gasteiger partial charge on any atom is 0.239 e. The predicted molar refractivity (Wildman–Crippen MR) is 78.4 cm³/mol. The molecule has 0 aromatic rings. The molecule has 0 saturated heterocycles. The summed E-state index contributed by atoms with van der Waals surface area (Å²) < 4.78 is 11.8. The zero-order valence-electron chi connectivity index (χ0n) is 11.4. The molecule has 0 heterocycles. The number of hydrogen-bond acceptors (Lipinski definition) is 3. The minimum absolute atomic E-state index is 0. The summed E-state index contributed by atoms with van der Waals surface area (Å²) in [5, 5.41) is 3.21. The fourth-order valence-electron chi connectivity index (χ4n) is 2.12. The van der Waals surface area contributed by atoms with Crippen molar-refractivity contribution in [3.05, 3.63) is 0 Å². The van der Waals surface area contributed by atoms with Crippen molar-refractivity contribution in [2.24, 2.45) is 5.73 Å². The topological polar surface area (TPSA) is 72.2 Å². The molecule has 6 heteroatoms. The SMILES string of the molecule is CCS(=O)C1CCCC(NC(=O)C(C)(C)N)C1.Cl. The summed E-state index contributed by atoms with van der Waals surface area (Å²) in [5.74, 6) is 0.582. The van der Waals surface area contributed by atoms with Gasteiger partial charge in [0.05, 0.1) is 5.54 Å². The molecule has 1 aliphatic rings. The molecule has 0 bridgehead atoms. The molecule has 0 radical (unpaired) electrons. The minimum Gasteiger partial charge on any atom is -0.352 e. The van der Waals surface area contributed by atoms with Crippen molar-refractivity contribution in [3.8, 4) is 0 Å². The third-order valence-corrected chi connectivity index (χ3v) is 4.94. The van der Waals surface area contributed by atoms with Gasteiger partial charge in [-0.15, -0.1) is 12.4 Å². The summed E-state index contributed by atoms with van der Waals surface area (Å²) >= 11 is 0. The first-order valence-electron chi connectivity index (χ1n) is 6.31. The van der Waals surface area contributed by atoms with E-state index >= 15 is 0 Å². The van der Waals surface area contributed by atoms with Crippen molar-refractivity contribution in [2.75, 3.05) is 5.75 Å². The van der Waals surface area contributed by atoms with Crippen LogP contribution >= 0.6 is 12.4 Å². The van der Waals surface area contributed by atoms with Gasteiger partial charge in [-0.05, 0) is 33.1 Å². The summed E-state index contributed by atoms with van der Waals surface area (Å²) in [6, 6.07) is 0.138. The molecule has 0 aromatic heterocycles. The summed E-state index contributed by atoms with van der Waals surface area (Å²) in [4.78, 5) is 11.8. The average Bonchev–Trinajstić information content (AvgIpc) is 2.27. The Labute approximate surface area is 118 Å². The maximum atomic E-state index is 11.8. The summed E-state index contributed by atoms with van der Waals surface area (Å²) in [7, 11) is -0.753. The molecular formula is C12H25ClN2O2S. The molecular weight excluding hydrogens is 272 g/mol. The first kappa shape index (κ1) is 17.9. The van der Waals surface area contributed by atoms with E-state index in [9.17, 15) is 9.00 Å². The standard InChI is InChI=1S/C12H24N2O2S.ClH/c1-4-17(16)10-7-5-6-9(8-10)14-11(15)12(2,3)13;/h9-10H,4-8,13H2,1-3H3,(H,14,15);1H. The van der Waals surface area contributed by atoms with Crippen molar-refractivity contribution in [1.82, 2.24) is 5.32 Å². The van der Waals surface area contributed by atoms with Gasteiger partial charge < -0.3 is 11.1 Å². The van der Waals surface area contributed by atoms with Crippen LogP contribution < -0.4 is 11.1 Å². The van der Waals surface area contributed by atoms with Crippen molar-refractivity contribution in [3.63, 3.8) is 0 Å². The van der Waals surface area contributed by atoms with Crippen LogP contribution in [0.1, 0.15) is 46.5 Å². The molecule has 1 amide bonds. The van der Waals surface area contributed by atoms with Gasteiger partial charge in [0.1, 0.15) is 0 Å². The molecule has 18 heavy (non-hydrogen) atoms. The number of hydrogen-bond donors (Lipinski definition) is 2. The maximum absolute atomic E-state index is 11.8. The Bertz CT molecular complexity index is 305. The predicted octanol–water partition coefficient (Wildman–Crippen LogP) is 1.34. The van der Waals surface area contributed by atoms with Gasteiger partial charge in [0.2, 0.25) is 5.91 Å². The zero-order chi connectivity index (χ0) is 13.1. The highest BCUT2D eigenvalue weighted by Gasteiger charge is 2.29. The van der Waals surface area contributed by atoms with Crippen LogP contribution in [-0.4, -0.2) is 32.7 Å². The monoisotopic (exact) mass is 296 g/mol. The molecule has 1 aliphatic carbocycles. The largest absolute Gasteiger partial charge is 0.352 e. The van der Waals surface area contributed by atoms with E-state index in [0.717, 1.165) is 25.7 Å². The Morgan fingerprint density at radius 1 is 1.44 bits per heavy atom. The third-order valence-electron chi connectivity index (χ3n) is 3.20. The molecule has 0 spiro atoms. The number of halogens is 1. The van der Waals surface area contributed by atoms with E-state index in [0.29, 0.717) is 5.75 Å². The van der Waals surface area contributed by atoms with Crippen LogP contribution in [0.2, 0.25) is 0 Å². The fourth-order valence-corrected chi connectivity index (χ4v) is 3.47. The smallest absolute Gasteiger partial charge is 0.239 e. The lowest BCUT2D eigenvalue weighted by atomic mass is 9.94. The van der Waals surface area contributed by atoms with Gasteiger partial charge in [0.25, 0.3) is 0 Å². The highest BCUT2D eigenvalue weighted by atomic mass is 35.5. The van der Waals surface area contributed by atoms with Crippen LogP contribution in [0.25, 0.3) is 0 Å². The second-order valence-corrected chi connectivity index (χ2v) is 7.36. The number of amides is 1. The van der Waals surface area contributed by atoms with E-state index in [1.54, 1.807) is 13.8 Å². The van der Waals surface area contributed by atoms with Gasteiger partial charge >= 0.3 is 0 Å². The summed E-state index contributed by atoms with van der Waals surface area (Å²) in [6.45, 7) is 5.35. The molecule has 1 fully saturated rings. The van der Waals surface area contributed by atoms with Gasteiger partial charge in [-0.3, -0.25) is 9.00 Å². The molecule has 1 saturated carbocycles. The lowest BCUT2D eigenvalue weighted by molar-refractivity contribution is -0.126. The van der Waals surface area contributed by atoms with Gasteiger partial charge in [-0.1, -0.05) is 13.3 Å². The van der Waals surface area contributed by atoms with E-state index in [1.807, 2.05) is 6.92 Å². The Hall–Kier alpha value is -0.130. The molecule has 0 aromatic carbocycles. The van der Waals surface area contributed by atoms with Crippen molar-refractivity contribution < 1.29 is 9.00 Å². The zero-order valence-corrected chi connectivity index (χ0v) is 13.0. The molecule has 108 valence electrons. The van der Waals surface area contributed by atoms with Crippen LogP contribution in [0.5, 0.6) is 0 Å². The second kappa shape index (κ2) is 7.46. The number of nitrogens with two attached hydrogens (primary N) is 1. The van der Waals surface area contributed by atoms with Gasteiger partial charge in [0, 0.05) is 27.8 Å². The average molecular weight is 297 g/mol. The first-order chi connectivity index (χ1) is 7.84. The normalized spacial score (nSPS) is 26.0. The van der Waals surface area contributed by atoms with Gasteiger partial charge in [0.15, 0.2) is 0 Å². The Kier molecular flexibility index (Phi) is 7.40. The number of rotatable bonds is 4. The van der Waals surface area contributed by atoms with Crippen molar-refractivity contribution >= 4 is 29.1 Å². The van der Waals surface area contributed by atoms with E-state index < -0.39 is 16.3 Å². The van der Waals surface area contributed by atoms with Gasteiger partial charge in [-0.25, -0.2) is 0 Å². The van der Waals surface area contributed by atoms with Crippen LogP contribution in [-0.2, 0) is 15.6 Å². The van der Waals surface area contributed by atoms with Crippen LogP contribution in [0.15, 0.2) is 0 Å². The lowest BCUT2D eigenvalue weighted by Gasteiger charge is -2.31. The number of nitrogens with one attached hydrogen (secondary N) is 1. The fraction of sp³-hybridized carbons (Fsp3) is 0.917. The Morgan fingerprint density at radius 3 is 2.56 bits per heavy atom. The minimum atomic E-state index is -0.836. The van der Waals surface area contributed by atoms with Crippen LogP contribution in [0.4, 0.5) is 0 Å². The van der Waals surface area contributed by atoms with Crippen molar-refractivity contribution in [1.29, 1.82) is 0 Å². The first-order valence-corrected chi connectivity index (χ1v) is 7.69. The van der Waals surface area contributed by atoms with Crippen LogP contribution in [0, 0.1) is 0 Å². The van der Waals surface area contributed by atoms with E-state index in [1.165, 1.54) is 0 Å². The summed E-state index contributed by atoms with van der Waals surface area (Å²) in [6.07, 6.45) is 3.84. The van der Waals surface area contributed by atoms with Crippen LogP contribution in [0.3, 0.4) is 0 Å². The Balaban J connectivity index is 0.00000289. The van der Waals surface area contributed by atoms with E-state index in [4.69, 9.17) is 5.73 Å². The lowest BCUT2D eigenvalue weighted by Crippen LogP contribution is -2.53. The van der Waals surface area contributed by atoms with E-state index in [2.05, 4.69) is 5.32 Å². The molecule has 1 rings (SSSR count). The molecule has 3 N–H and O–H groups in total. The molecule has 3 unspecified atom stereocenters. The highest BCUT2D eigenvalue weighted by Crippen LogP contribution is 2.23. The molecule has 4 nitrogen and oxygen atoms in total. The number of carbonyl (C=O) groups excluding carboxylic acids is 1. The highest BCUT2D eigenvalue weighted by molar-refractivity contribution is 7.85. The molecule has 0 aliphatic heterocycles. The second-order valence-electron chi connectivity index (χ2n) is 5.35. The van der Waals surface area contributed by atoms with Crippen molar-refractivity contribution in [2.45, 2.75) is 63.3 Å². The quantitative estimate of drug-likeness (QED) is 0.822. The summed E-state index contributed by atoms with van der Waals surface area (Å²) in [5.41, 5.74) is 4.91.